The van der Waals surface area contributed by atoms with Gasteiger partial charge in [-0.25, -0.2) is 9.97 Å². The molecule has 0 fully saturated rings. The zero-order valence-corrected chi connectivity index (χ0v) is 9.75. The molecule has 15 heavy (non-hydrogen) atoms. The molecule has 84 valence electrons. The third kappa shape index (κ3) is 3.08. The highest BCUT2D eigenvalue weighted by molar-refractivity contribution is 5.55. The van der Waals surface area contributed by atoms with Crippen molar-refractivity contribution in [3.8, 4) is 0 Å². The molecule has 4 heteroatoms. The van der Waals surface area contributed by atoms with Gasteiger partial charge in [-0.1, -0.05) is 20.3 Å². The Kier molecular flexibility index (Phi) is 4.34. The van der Waals surface area contributed by atoms with Gasteiger partial charge in [0.15, 0.2) is 0 Å². The minimum Gasteiger partial charge on any atom is -0.383 e. The number of nitrogen functional groups attached to an aromatic ring is 1. The van der Waals surface area contributed by atoms with Crippen LogP contribution in [-0.4, -0.2) is 16.0 Å². The van der Waals surface area contributed by atoms with Gasteiger partial charge in [-0.2, -0.15) is 0 Å². The maximum Gasteiger partial charge on any atom is 0.134 e. The summed E-state index contributed by atoms with van der Waals surface area (Å²) in [5.74, 6) is 1.46. The molecular weight excluding hydrogens is 188 g/mol. The summed E-state index contributed by atoms with van der Waals surface area (Å²) in [6, 6.07) is 0.426. The van der Waals surface area contributed by atoms with E-state index in [-0.39, 0.29) is 0 Å². The van der Waals surface area contributed by atoms with E-state index in [1.165, 1.54) is 6.33 Å². The van der Waals surface area contributed by atoms with Crippen molar-refractivity contribution in [3.05, 3.63) is 11.9 Å². The van der Waals surface area contributed by atoms with Crippen LogP contribution in [0.15, 0.2) is 6.33 Å². The number of hydrogen-bond acceptors (Lipinski definition) is 4. The van der Waals surface area contributed by atoms with E-state index in [4.69, 9.17) is 5.73 Å². The molecule has 0 aliphatic rings. The largest absolute Gasteiger partial charge is 0.383 e. The van der Waals surface area contributed by atoms with Gasteiger partial charge in [-0.15, -0.1) is 0 Å². The Morgan fingerprint density at radius 2 is 2.13 bits per heavy atom. The number of nitrogens with two attached hydrogens (primary N) is 1. The van der Waals surface area contributed by atoms with E-state index < -0.39 is 0 Å². The first-order chi connectivity index (χ1) is 7.19. The lowest BCUT2D eigenvalue weighted by molar-refractivity contribution is 0.686. The van der Waals surface area contributed by atoms with Crippen LogP contribution in [0.3, 0.4) is 0 Å². The van der Waals surface area contributed by atoms with Gasteiger partial charge < -0.3 is 11.1 Å². The number of rotatable bonds is 5. The van der Waals surface area contributed by atoms with Crippen molar-refractivity contribution in [1.29, 1.82) is 0 Å². The monoisotopic (exact) mass is 208 g/mol. The summed E-state index contributed by atoms with van der Waals surface area (Å²) >= 11 is 0. The summed E-state index contributed by atoms with van der Waals surface area (Å²) in [5.41, 5.74) is 6.80. The Labute approximate surface area is 91.3 Å². The Hall–Kier alpha value is -1.32. The molecule has 1 unspecified atom stereocenters. The molecule has 0 amide bonds. The molecule has 0 aliphatic carbocycles. The molecule has 1 heterocycles. The smallest absolute Gasteiger partial charge is 0.134 e. The maximum absolute atomic E-state index is 5.79. The van der Waals surface area contributed by atoms with Crippen molar-refractivity contribution in [2.75, 3.05) is 11.1 Å². The topological polar surface area (TPSA) is 63.8 Å². The van der Waals surface area contributed by atoms with Crippen molar-refractivity contribution < 1.29 is 0 Å². The van der Waals surface area contributed by atoms with Crippen LogP contribution in [0.4, 0.5) is 11.6 Å². The van der Waals surface area contributed by atoms with E-state index in [1.54, 1.807) is 0 Å². The molecule has 0 saturated carbocycles. The van der Waals surface area contributed by atoms with Gasteiger partial charge >= 0.3 is 0 Å². The zero-order valence-electron chi connectivity index (χ0n) is 9.75. The first-order valence-electron chi connectivity index (χ1n) is 5.54. The molecule has 0 bridgehead atoms. The summed E-state index contributed by atoms with van der Waals surface area (Å²) in [4.78, 5) is 8.22. The molecule has 0 radical (unpaired) electrons. The van der Waals surface area contributed by atoms with E-state index in [0.717, 1.165) is 30.6 Å². The molecular formula is C11H20N4. The lowest BCUT2D eigenvalue weighted by Crippen LogP contribution is -2.17. The van der Waals surface area contributed by atoms with E-state index in [9.17, 15) is 0 Å². The second-order valence-electron chi connectivity index (χ2n) is 3.77. The number of nitrogens with zero attached hydrogens (tertiary/aromatic N) is 2. The predicted molar refractivity (Wildman–Crippen MR) is 63.8 cm³/mol. The quantitative estimate of drug-likeness (QED) is 0.778. The Balaban J connectivity index is 2.80. The lowest BCUT2D eigenvalue weighted by atomic mass is 10.1. The first kappa shape index (κ1) is 11.8. The molecule has 1 rings (SSSR count). The fourth-order valence-electron chi connectivity index (χ4n) is 1.64. The molecule has 3 N–H and O–H groups in total. The van der Waals surface area contributed by atoms with Crippen LogP contribution in [0.2, 0.25) is 0 Å². The predicted octanol–water partition coefficient (Wildman–Crippen LogP) is 2.22. The highest BCUT2D eigenvalue weighted by atomic mass is 15.0. The molecule has 0 aromatic carbocycles. The number of anilines is 2. The molecule has 1 atom stereocenters. The molecule has 0 spiro atoms. The average Bonchev–Trinajstić information content (AvgIpc) is 2.18. The molecule has 4 nitrogen and oxygen atoms in total. The van der Waals surface area contributed by atoms with Crippen LogP contribution >= 0.6 is 0 Å². The van der Waals surface area contributed by atoms with E-state index in [0.29, 0.717) is 11.9 Å². The zero-order chi connectivity index (χ0) is 11.3. The van der Waals surface area contributed by atoms with Gasteiger partial charge in [0.2, 0.25) is 0 Å². The summed E-state index contributed by atoms with van der Waals surface area (Å²) < 4.78 is 0. The van der Waals surface area contributed by atoms with Crippen LogP contribution in [0.5, 0.6) is 0 Å². The van der Waals surface area contributed by atoms with Gasteiger partial charge in [0, 0.05) is 11.6 Å². The Morgan fingerprint density at radius 3 is 2.73 bits per heavy atom. The van der Waals surface area contributed by atoms with Gasteiger partial charge in [-0.05, 0) is 19.8 Å². The second-order valence-corrected chi connectivity index (χ2v) is 3.77. The summed E-state index contributed by atoms with van der Waals surface area (Å²) in [7, 11) is 0. The first-order valence-corrected chi connectivity index (χ1v) is 5.54. The number of aromatic nitrogens is 2. The molecule has 0 saturated heterocycles. The van der Waals surface area contributed by atoms with E-state index in [2.05, 4.69) is 36.1 Å². The van der Waals surface area contributed by atoms with Crippen molar-refractivity contribution in [3.63, 3.8) is 0 Å². The van der Waals surface area contributed by atoms with E-state index >= 15 is 0 Å². The van der Waals surface area contributed by atoms with E-state index in [1.807, 2.05) is 0 Å². The Bertz CT molecular complexity index is 311. The average molecular weight is 208 g/mol. The minimum absolute atomic E-state index is 0.426. The fraction of sp³-hybridized carbons (Fsp3) is 0.636. The lowest BCUT2D eigenvalue weighted by Gasteiger charge is -2.16. The van der Waals surface area contributed by atoms with Crippen LogP contribution in [0, 0.1) is 0 Å². The third-order valence-electron chi connectivity index (χ3n) is 2.44. The maximum atomic E-state index is 5.79. The summed E-state index contributed by atoms with van der Waals surface area (Å²) in [6.45, 7) is 6.39. The van der Waals surface area contributed by atoms with Crippen LogP contribution in [0.25, 0.3) is 0 Å². The fourth-order valence-corrected chi connectivity index (χ4v) is 1.64. The Morgan fingerprint density at radius 1 is 1.40 bits per heavy atom. The highest BCUT2D eigenvalue weighted by Crippen LogP contribution is 2.18. The third-order valence-corrected chi connectivity index (χ3v) is 2.44. The molecule has 1 aromatic rings. The summed E-state index contributed by atoms with van der Waals surface area (Å²) in [6.07, 6.45) is 4.66. The summed E-state index contributed by atoms with van der Waals surface area (Å²) in [5, 5.41) is 3.37. The normalized spacial score (nSPS) is 12.5. The van der Waals surface area contributed by atoms with Gasteiger partial charge in [0.25, 0.3) is 0 Å². The van der Waals surface area contributed by atoms with Crippen molar-refractivity contribution >= 4 is 11.6 Å². The number of hydrogen-bond donors (Lipinski definition) is 2. The van der Waals surface area contributed by atoms with Crippen LogP contribution in [-0.2, 0) is 6.42 Å². The standard InChI is InChI=1S/C11H20N4/c1-4-6-8(3)15-11-9(5-2)10(12)13-7-14-11/h7-8H,4-6H2,1-3H3,(H3,12,13,14,15). The van der Waals surface area contributed by atoms with Crippen LogP contribution in [0.1, 0.15) is 39.2 Å². The minimum atomic E-state index is 0.426. The highest BCUT2D eigenvalue weighted by Gasteiger charge is 2.09. The number of nitrogens with one attached hydrogen (secondary N) is 1. The molecule has 1 aromatic heterocycles. The van der Waals surface area contributed by atoms with Crippen molar-refractivity contribution in [2.24, 2.45) is 0 Å². The molecule has 0 aliphatic heterocycles. The van der Waals surface area contributed by atoms with Gasteiger partial charge in [0.05, 0.1) is 0 Å². The second kappa shape index (κ2) is 5.53. The SMILES string of the molecule is CCCC(C)Nc1ncnc(N)c1CC. The van der Waals surface area contributed by atoms with Gasteiger partial charge in [0.1, 0.15) is 18.0 Å². The van der Waals surface area contributed by atoms with Gasteiger partial charge in [-0.3, -0.25) is 0 Å². The van der Waals surface area contributed by atoms with Crippen molar-refractivity contribution in [2.45, 2.75) is 46.1 Å². The van der Waals surface area contributed by atoms with Crippen molar-refractivity contribution in [1.82, 2.24) is 9.97 Å². The van der Waals surface area contributed by atoms with Crippen LogP contribution < -0.4 is 11.1 Å².